The van der Waals surface area contributed by atoms with Gasteiger partial charge in [-0.15, -0.1) is 24.0 Å². The number of alkyl carbamates (subject to hydrolysis) is 1. The highest BCUT2D eigenvalue weighted by Crippen LogP contribution is 2.25. The lowest BCUT2D eigenvalue weighted by molar-refractivity contribution is 0.0529. The molecule has 0 saturated heterocycles. The largest absolute Gasteiger partial charge is 0.444 e. The smallest absolute Gasteiger partial charge is 0.407 e. The Morgan fingerprint density at radius 2 is 1.75 bits per heavy atom. The predicted molar refractivity (Wildman–Crippen MR) is 109 cm³/mol. The number of halogens is 1. The molecule has 0 aromatic rings. The first kappa shape index (κ1) is 23.2. The van der Waals surface area contributed by atoms with E-state index in [0.29, 0.717) is 13.1 Å². The Morgan fingerprint density at radius 1 is 1.17 bits per heavy atom. The Balaban J connectivity index is 0.00000529. The van der Waals surface area contributed by atoms with E-state index in [-0.39, 0.29) is 24.0 Å². The lowest BCUT2D eigenvalue weighted by atomic mass is 10.2. The van der Waals surface area contributed by atoms with Gasteiger partial charge in [0.2, 0.25) is 0 Å². The van der Waals surface area contributed by atoms with Gasteiger partial charge in [-0.3, -0.25) is 9.89 Å². The van der Waals surface area contributed by atoms with Crippen molar-refractivity contribution in [3.05, 3.63) is 0 Å². The summed E-state index contributed by atoms with van der Waals surface area (Å²) in [5.74, 6) is 0.753. The molecule has 0 radical (unpaired) electrons. The molecule has 1 rings (SSSR count). The highest BCUT2D eigenvalue weighted by atomic mass is 127. The van der Waals surface area contributed by atoms with Crippen LogP contribution >= 0.6 is 24.0 Å². The van der Waals surface area contributed by atoms with Gasteiger partial charge in [0, 0.05) is 39.3 Å². The predicted octanol–water partition coefficient (Wildman–Crippen LogP) is 1.78. The van der Waals surface area contributed by atoms with Gasteiger partial charge in [0.1, 0.15) is 5.60 Å². The van der Waals surface area contributed by atoms with Crippen LogP contribution in [0.4, 0.5) is 4.79 Å². The number of aliphatic imine (C=N–C) groups is 1. The summed E-state index contributed by atoms with van der Waals surface area (Å²) in [6.07, 6.45) is 2.26. The van der Waals surface area contributed by atoms with Crippen LogP contribution < -0.4 is 16.0 Å². The van der Waals surface area contributed by atoms with Crippen molar-refractivity contribution in [2.24, 2.45) is 4.99 Å². The summed E-state index contributed by atoms with van der Waals surface area (Å²) in [5.41, 5.74) is -0.470. The van der Waals surface area contributed by atoms with Gasteiger partial charge in [-0.1, -0.05) is 6.92 Å². The van der Waals surface area contributed by atoms with Crippen molar-refractivity contribution in [3.8, 4) is 0 Å². The molecule has 24 heavy (non-hydrogen) atoms. The van der Waals surface area contributed by atoms with Crippen molar-refractivity contribution in [3.63, 3.8) is 0 Å². The summed E-state index contributed by atoms with van der Waals surface area (Å²) in [7, 11) is 1.75. The first-order valence-electron chi connectivity index (χ1n) is 8.51. The topological polar surface area (TPSA) is 78.0 Å². The van der Waals surface area contributed by atoms with E-state index < -0.39 is 11.7 Å². The Bertz CT molecular complexity index is 394. The third-order valence-corrected chi connectivity index (χ3v) is 3.47. The van der Waals surface area contributed by atoms with E-state index in [0.717, 1.165) is 31.6 Å². The zero-order chi connectivity index (χ0) is 17.3. The second-order valence-electron chi connectivity index (χ2n) is 6.71. The number of ether oxygens (including phenoxy) is 1. The summed E-state index contributed by atoms with van der Waals surface area (Å²) in [6.45, 7) is 11.8. The van der Waals surface area contributed by atoms with Gasteiger partial charge in [0.05, 0.1) is 0 Å². The third-order valence-electron chi connectivity index (χ3n) is 3.47. The maximum absolute atomic E-state index is 11.5. The second kappa shape index (κ2) is 11.7. The molecule has 0 bridgehead atoms. The molecular formula is C16H34IN5O2. The average Bonchev–Trinajstić information content (AvgIpc) is 3.28. The van der Waals surface area contributed by atoms with Crippen LogP contribution in [-0.4, -0.2) is 68.4 Å². The van der Waals surface area contributed by atoms with Crippen LogP contribution in [0.5, 0.6) is 0 Å². The fourth-order valence-corrected chi connectivity index (χ4v) is 2.24. The number of nitrogens with one attached hydrogen (secondary N) is 3. The molecule has 7 nitrogen and oxygen atoms in total. The number of nitrogens with zero attached hydrogens (tertiary/aromatic N) is 2. The zero-order valence-corrected chi connectivity index (χ0v) is 18.0. The summed E-state index contributed by atoms with van der Waals surface area (Å²) < 4.78 is 5.17. The van der Waals surface area contributed by atoms with Gasteiger partial charge in [0.25, 0.3) is 0 Å². The average molecular weight is 455 g/mol. The van der Waals surface area contributed by atoms with Gasteiger partial charge in [0.15, 0.2) is 5.96 Å². The van der Waals surface area contributed by atoms with Crippen molar-refractivity contribution in [2.45, 2.75) is 52.2 Å². The van der Waals surface area contributed by atoms with Crippen molar-refractivity contribution in [1.29, 1.82) is 0 Å². The number of hydrogen-bond acceptors (Lipinski definition) is 4. The molecule has 3 N–H and O–H groups in total. The molecule has 142 valence electrons. The quantitative estimate of drug-likeness (QED) is 0.225. The van der Waals surface area contributed by atoms with Crippen LogP contribution in [0, 0.1) is 0 Å². The molecule has 1 amide bonds. The van der Waals surface area contributed by atoms with Crippen LogP contribution in [0.3, 0.4) is 0 Å². The highest BCUT2D eigenvalue weighted by molar-refractivity contribution is 14.0. The van der Waals surface area contributed by atoms with E-state index >= 15 is 0 Å². The fourth-order valence-electron chi connectivity index (χ4n) is 2.24. The minimum Gasteiger partial charge on any atom is -0.444 e. The molecule has 1 fully saturated rings. The van der Waals surface area contributed by atoms with Gasteiger partial charge < -0.3 is 20.7 Å². The molecule has 1 aliphatic carbocycles. The summed E-state index contributed by atoms with van der Waals surface area (Å²) in [6, 6.07) is 0.787. The Hall–Kier alpha value is -0.770. The standard InChI is InChI=1S/C16H33N5O2.HI/c1-6-21(13-7-8-13)12-11-19-14(17-5)18-9-10-20-15(22)23-16(2,3)4;/h13H,6-12H2,1-5H3,(H,20,22)(H2,17,18,19);1H. The molecular weight excluding hydrogens is 421 g/mol. The summed E-state index contributed by atoms with van der Waals surface area (Å²) >= 11 is 0. The van der Waals surface area contributed by atoms with Crippen molar-refractivity contribution >= 4 is 36.0 Å². The zero-order valence-electron chi connectivity index (χ0n) is 15.6. The molecule has 1 aliphatic rings. The Labute approximate surface area is 163 Å². The van der Waals surface area contributed by atoms with E-state index in [9.17, 15) is 4.79 Å². The van der Waals surface area contributed by atoms with Crippen LogP contribution in [0.25, 0.3) is 0 Å². The van der Waals surface area contributed by atoms with Gasteiger partial charge in [-0.2, -0.15) is 0 Å². The minimum absolute atomic E-state index is 0. The number of likely N-dealkylation sites (N-methyl/N-ethyl adjacent to an activating group) is 1. The van der Waals surface area contributed by atoms with E-state index in [1.165, 1.54) is 12.8 Å². The molecule has 0 aliphatic heterocycles. The normalized spacial score (nSPS) is 14.8. The van der Waals surface area contributed by atoms with E-state index in [4.69, 9.17) is 4.74 Å². The van der Waals surface area contributed by atoms with Crippen molar-refractivity contribution in [1.82, 2.24) is 20.9 Å². The van der Waals surface area contributed by atoms with Crippen molar-refractivity contribution < 1.29 is 9.53 Å². The molecule has 0 aromatic carbocycles. The molecule has 0 unspecified atom stereocenters. The molecule has 8 heteroatoms. The maximum Gasteiger partial charge on any atom is 0.407 e. The molecule has 0 aromatic heterocycles. The molecule has 0 atom stereocenters. The van der Waals surface area contributed by atoms with Crippen LogP contribution in [-0.2, 0) is 4.74 Å². The first-order valence-corrected chi connectivity index (χ1v) is 8.51. The van der Waals surface area contributed by atoms with E-state index in [2.05, 4.69) is 32.8 Å². The number of carbonyl (C=O) groups is 1. The number of rotatable bonds is 8. The van der Waals surface area contributed by atoms with Crippen molar-refractivity contribution in [2.75, 3.05) is 39.8 Å². The lowest BCUT2D eigenvalue weighted by Gasteiger charge is -2.21. The van der Waals surface area contributed by atoms with Crippen LogP contribution in [0.1, 0.15) is 40.5 Å². The monoisotopic (exact) mass is 455 g/mol. The van der Waals surface area contributed by atoms with E-state index in [1.54, 1.807) is 7.05 Å². The number of carbonyl (C=O) groups excluding carboxylic acids is 1. The Kier molecular flexibility index (Phi) is 11.4. The second-order valence-corrected chi connectivity index (χ2v) is 6.71. The number of amides is 1. The molecule has 0 heterocycles. The minimum atomic E-state index is -0.470. The van der Waals surface area contributed by atoms with Gasteiger partial charge >= 0.3 is 6.09 Å². The van der Waals surface area contributed by atoms with Crippen LogP contribution in [0.2, 0.25) is 0 Å². The third kappa shape index (κ3) is 10.9. The van der Waals surface area contributed by atoms with Gasteiger partial charge in [-0.05, 0) is 40.2 Å². The Morgan fingerprint density at radius 3 is 2.25 bits per heavy atom. The number of hydrogen-bond donors (Lipinski definition) is 3. The lowest BCUT2D eigenvalue weighted by Crippen LogP contribution is -2.44. The molecule has 0 spiro atoms. The highest BCUT2D eigenvalue weighted by Gasteiger charge is 2.27. The molecule has 1 saturated carbocycles. The van der Waals surface area contributed by atoms with Gasteiger partial charge in [-0.25, -0.2) is 4.79 Å². The fraction of sp³-hybridized carbons (Fsp3) is 0.875. The maximum atomic E-state index is 11.5. The number of guanidine groups is 1. The van der Waals surface area contributed by atoms with E-state index in [1.807, 2.05) is 20.8 Å². The summed E-state index contributed by atoms with van der Waals surface area (Å²) in [4.78, 5) is 18.2. The SMILES string of the molecule is CCN(CCNC(=NC)NCCNC(=O)OC(C)(C)C)C1CC1.I. The summed E-state index contributed by atoms with van der Waals surface area (Å²) in [5, 5.41) is 9.18. The van der Waals surface area contributed by atoms with Crippen LogP contribution in [0.15, 0.2) is 4.99 Å². The first-order chi connectivity index (χ1) is 10.9.